The molecule has 1 aromatic heterocycles. The number of hydrogen-bond donors (Lipinski definition) is 3. The van der Waals surface area contributed by atoms with Crippen LogP contribution in [-0.4, -0.2) is 97.4 Å². The van der Waals surface area contributed by atoms with Gasteiger partial charge in [0.2, 0.25) is 11.8 Å². The van der Waals surface area contributed by atoms with Crippen molar-refractivity contribution in [1.82, 2.24) is 30.9 Å². The molecule has 3 N–H and O–H groups in total. The third-order valence-corrected chi connectivity index (χ3v) is 8.88. The van der Waals surface area contributed by atoms with Gasteiger partial charge in [-0.15, -0.1) is 5.10 Å². The van der Waals surface area contributed by atoms with Gasteiger partial charge >= 0.3 is 6.09 Å². The van der Waals surface area contributed by atoms with Gasteiger partial charge in [-0.05, 0) is 57.7 Å². The van der Waals surface area contributed by atoms with E-state index in [0.717, 1.165) is 36.1 Å². The highest BCUT2D eigenvalue weighted by atomic mass is 16.5. The summed E-state index contributed by atoms with van der Waals surface area (Å²) in [6.07, 6.45) is 2.61. The van der Waals surface area contributed by atoms with Crippen LogP contribution in [0.15, 0.2) is 48.5 Å². The summed E-state index contributed by atoms with van der Waals surface area (Å²) >= 11 is 0. The maximum Gasteiger partial charge on any atom is 0.407 e. The normalized spacial score (nSPS) is 13.1. The summed E-state index contributed by atoms with van der Waals surface area (Å²) in [5.74, 6) is -0.157. The van der Waals surface area contributed by atoms with E-state index < -0.39 is 6.09 Å². The van der Waals surface area contributed by atoms with Crippen molar-refractivity contribution in [3.05, 3.63) is 54.1 Å². The number of nitrogens with zero attached hydrogens (tertiary/aromatic N) is 4. The van der Waals surface area contributed by atoms with Crippen molar-refractivity contribution in [1.29, 1.82) is 0 Å². The topological polar surface area (TPSA) is 166 Å². The Balaban J connectivity index is 1.39. The summed E-state index contributed by atoms with van der Waals surface area (Å²) in [5.41, 5.74) is 4.60. The molecule has 14 nitrogen and oxygen atoms in total. The summed E-state index contributed by atoms with van der Waals surface area (Å²) in [4.78, 5) is 52.3. The molecular formula is C38H53N7O7. The standard InChI is InChI=1S/C38H53N7O7/c1-5-39-32(28(3)46)15-10-11-20-41-38(49)52-23-22-45-37-31-14-8-9-16-33(31)44(26-29-12-6-7-13-30(29)36(37)42-43-45)35(48)19-21-40-34(47)18-17-27(2)51-25-24-50-4/h6-9,12-14,16,27,32,39H,5,10-11,15,17-26H2,1-4H3,(H,40,47)(H,41,49). The highest BCUT2D eigenvalue weighted by Crippen LogP contribution is 2.41. The fourth-order valence-electron chi connectivity index (χ4n) is 6.11. The van der Waals surface area contributed by atoms with Gasteiger partial charge in [-0.1, -0.05) is 54.6 Å². The number of carbonyl (C=O) groups is 4. The van der Waals surface area contributed by atoms with E-state index in [2.05, 4.69) is 26.3 Å². The van der Waals surface area contributed by atoms with Gasteiger partial charge in [-0.2, -0.15) is 0 Å². The number of ether oxygens (including phenoxy) is 3. The largest absolute Gasteiger partial charge is 0.448 e. The quantitative estimate of drug-likeness (QED) is 0.136. The first-order valence-electron chi connectivity index (χ1n) is 18.2. The van der Waals surface area contributed by atoms with Crippen molar-refractivity contribution in [2.75, 3.05) is 51.5 Å². The molecule has 2 atom stereocenters. The van der Waals surface area contributed by atoms with Gasteiger partial charge in [0.05, 0.1) is 49.8 Å². The van der Waals surface area contributed by atoms with Gasteiger partial charge in [-0.3, -0.25) is 14.4 Å². The minimum absolute atomic E-state index is 0.0542. The van der Waals surface area contributed by atoms with Crippen LogP contribution in [0.4, 0.5) is 10.5 Å². The van der Waals surface area contributed by atoms with Crippen LogP contribution in [0.5, 0.6) is 0 Å². The lowest BCUT2D eigenvalue weighted by molar-refractivity contribution is -0.122. The zero-order valence-electron chi connectivity index (χ0n) is 30.8. The molecule has 14 heteroatoms. The van der Waals surface area contributed by atoms with Crippen LogP contribution in [0.1, 0.15) is 64.9 Å². The Kier molecular flexibility index (Phi) is 16.2. The van der Waals surface area contributed by atoms with Crippen molar-refractivity contribution < 1.29 is 33.4 Å². The molecule has 1 aliphatic heterocycles. The number of likely N-dealkylation sites (N-methyl/N-ethyl adjacent to an activating group) is 1. The Hall–Kier alpha value is -4.66. The van der Waals surface area contributed by atoms with E-state index in [9.17, 15) is 19.2 Å². The highest BCUT2D eigenvalue weighted by molar-refractivity contribution is 6.00. The first-order chi connectivity index (χ1) is 25.2. The Morgan fingerprint density at radius 1 is 0.904 bits per heavy atom. The first-order valence-corrected chi connectivity index (χ1v) is 18.2. The predicted molar refractivity (Wildman–Crippen MR) is 198 cm³/mol. The summed E-state index contributed by atoms with van der Waals surface area (Å²) in [6, 6.07) is 15.2. The van der Waals surface area contributed by atoms with Crippen molar-refractivity contribution in [3.8, 4) is 22.5 Å². The average Bonchev–Trinajstić information content (AvgIpc) is 3.54. The molecule has 4 rings (SSSR count). The molecule has 2 aromatic carbocycles. The number of nitrogens with one attached hydrogen (secondary N) is 3. The third-order valence-electron chi connectivity index (χ3n) is 8.88. The Bertz CT molecular complexity index is 1630. The molecule has 282 valence electrons. The van der Waals surface area contributed by atoms with Crippen LogP contribution in [0.3, 0.4) is 0 Å². The van der Waals surface area contributed by atoms with E-state index in [4.69, 9.17) is 14.2 Å². The maximum absolute atomic E-state index is 13.9. The monoisotopic (exact) mass is 719 g/mol. The van der Waals surface area contributed by atoms with Gasteiger partial charge in [0.25, 0.3) is 0 Å². The minimum Gasteiger partial charge on any atom is -0.448 e. The Labute approximate surface area is 305 Å². The van der Waals surface area contributed by atoms with Crippen LogP contribution < -0.4 is 20.9 Å². The zero-order chi connectivity index (χ0) is 37.3. The van der Waals surface area contributed by atoms with Crippen LogP contribution in [0.2, 0.25) is 0 Å². The summed E-state index contributed by atoms with van der Waals surface area (Å²) < 4.78 is 17.8. The van der Waals surface area contributed by atoms with Gasteiger partial charge in [0.15, 0.2) is 0 Å². The molecular weight excluding hydrogens is 666 g/mol. The lowest BCUT2D eigenvalue weighted by Crippen LogP contribution is -2.35. The maximum atomic E-state index is 13.9. The van der Waals surface area contributed by atoms with Crippen LogP contribution in [0, 0.1) is 0 Å². The number of unbranched alkanes of at least 4 members (excludes halogenated alkanes) is 1. The second-order valence-electron chi connectivity index (χ2n) is 12.8. The molecule has 0 spiro atoms. The van der Waals surface area contributed by atoms with Crippen LogP contribution in [-0.2, 0) is 41.7 Å². The van der Waals surface area contributed by atoms with Crippen LogP contribution >= 0.6 is 0 Å². The van der Waals surface area contributed by atoms with E-state index in [1.807, 2.05) is 62.4 Å². The first kappa shape index (κ1) is 40.1. The number of methoxy groups -OCH3 is 1. The summed E-state index contributed by atoms with van der Waals surface area (Å²) in [6.45, 7) is 8.43. The number of ketones is 1. The lowest BCUT2D eigenvalue weighted by atomic mass is 9.95. The van der Waals surface area contributed by atoms with Gasteiger partial charge < -0.3 is 35.1 Å². The number of alkyl carbamates (subject to hydrolysis) is 1. The molecule has 2 heterocycles. The van der Waals surface area contributed by atoms with Crippen LogP contribution in [0.25, 0.3) is 22.5 Å². The fraction of sp³-hybridized carbons (Fsp3) is 0.526. The molecule has 0 saturated carbocycles. The number of amides is 3. The SMILES string of the molecule is CCNC(CCCCNC(=O)OCCn1nnc2c1-c1ccccc1N(C(=O)CCNC(=O)CCC(C)OCCOC)Cc1ccccc1-2)C(C)=O. The smallest absolute Gasteiger partial charge is 0.407 e. The number of para-hydroxylation sites is 1. The van der Waals surface area contributed by atoms with E-state index in [0.29, 0.717) is 62.6 Å². The number of fused-ring (bicyclic) bond motifs is 5. The summed E-state index contributed by atoms with van der Waals surface area (Å²) in [7, 11) is 1.61. The van der Waals surface area contributed by atoms with E-state index in [-0.39, 0.29) is 55.9 Å². The van der Waals surface area contributed by atoms with E-state index >= 15 is 0 Å². The van der Waals surface area contributed by atoms with Gasteiger partial charge in [0, 0.05) is 44.2 Å². The molecule has 52 heavy (non-hydrogen) atoms. The molecule has 3 aromatic rings. The Morgan fingerprint density at radius 3 is 2.44 bits per heavy atom. The van der Waals surface area contributed by atoms with Gasteiger partial charge in [0.1, 0.15) is 18.1 Å². The molecule has 0 fully saturated rings. The fourth-order valence-corrected chi connectivity index (χ4v) is 6.11. The molecule has 0 bridgehead atoms. The molecule has 1 aliphatic rings. The second-order valence-corrected chi connectivity index (χ2v) is 12.8. The van der Waals surface area contributed by atoms with Crippen molar-refractivity contribution in [3.63, 3.8) is 0 Å². The van der Waals surface area contributed by atoms with Gasteiger partial charge in [-0.25, -0.2) is 9.48 Å². The number of Topliss-reactive ketones (excluding diaryl/α,β-unsaturated/α-hetero) is 1. The number of carbonyl (C=O) groups excluding carboxylic acids is 4. The predicted octanol–water partition coefficient (Wildman–Crippen LogP) is 4.26. The lowest BCUT2D eigenvalue weighted by Gasteiger charge is -2.29. The number of rotatable bonds is 21. The zero-order valence-corrected chi connectivity index (χ0v) is 30.8. The number of aromatic nitrogens is 3. The third kappa shape index (κ3) is 11.7. The van der Waals surface area contributed by atoms with Crippen molar-refractivity contribution in [2.24, 2.45) is 0 Å². The van der Waals surface area contributed by atoms with E-state index in [1.54, 1.807) is 23.6 Å². The molecule has 0 radical (unpaired) electrons. The van der Waals surface area contributed by atoms with E-state index in [1.165, 1.54) is 0 Å². The molecule has 0 aliphatic carbocycles. The van der Waals surface area contributed by atoms with Crippen molar-refractivity contribution in [2.45, 2.75) is 84.5 Å². The molecule has 0 saturated heterocycles. The molecule has 2 unspecified atom stereocenters. The Morgan fingerprint density at radius 2 is 1.67 bits per heavy atom. The van der Waals surface area contributed by atoms with Crippen molar-refractivity contribution >= 4 is 29.4 Å². The molecule has 3 amide bonds. The number of hydrogen-bond acceptors (Lipinski definition) is 10. The second kappa shape index (κ2) is 21.0. The minimum atomic E-state index is -0.530. The average molecular weight is 720 g/mol. The number of benzene rings is 2. The summed E-state index contributed by atoms with van der Waals surface area (Å²) in [5, 5.41) is 17.8. The highest BCUT2D eigenvalue weighted by Gasteiger charge is 2.29. The number of anilines is 1.